The Morgan fingerprint density at radius 3 is 2.77 bits per heavy atom. The zero-order valence-corrected chi connectivity index (χ0v) is 19.4. The van der Waals surface area contributed by atoms with Crippen molar-refractivity contribution in [1.82, 2.24) is 29.5 Å². The summed E-state index contributed by atoms with van der Waals surface area (Å²) < 4.78 is 7.99. The molecule has 35 heavy (non-hydrogen) atoms. The van der Waals surface area contributed by atoms with E-state index >= 15 is 0 Å². The van der Waals surface area contributed by atoms with Gasteiger partial charge in [0.1, 0.15) is 5.69 Å². The minimum Gasteiger partial charge on any atom is -0.404 e. The van der Waals surface area contributed by atoms with E-state index in [0.29, 0.717) is 31.7 Å². The molecule has 1 saturated heterocycles. The normalized spacial score (nSPS) is 17.0. The predicted octanol–water partition coefficient (Wildman–Crippen LogP) is 3.20. The number of allylic oxidation sites excluding steroid dienone is 1. The van der Waals surface area contributed by atoms with Crippen molar-refractivity contribution in [3.63, 3.8) is 0 Å². The maximum Gasteiger partial charge on any atom is 0.163 e. The summed E-state index contributed by atoms with van der Waals surface area (Å²) in [5.74, 6) is 0.650. The number of fused-ring (bicyclic) bond motifs is 1. The Balaban J connectivity index is 1.22. The first-order valence-corrected chi connectivity index (χ1v) is 11.7. The smallest absolute Gasteiger partial charge is 0.163 e. The van der Waals surface area contributed by atoms with Crippen LogP contribution in [0.3, 0.4) is 0 Å². The van der Waals surface area contributed by atoms with Crippen molar-refractivity contribution in [3.8, 4) is 11.4 Å². The van der Waals surface area contributed by atoms with E-state index in [1.165, 1.54) is 0 Å². The van der Waals surface area contributed by atoms with Crippen molar-refractivity contribution in [2.75, 3.05) is 19.8 Å². The fourth-order valence-electron chi connectivity index (χ4n) is 4.35. The first-order valence-electron chi connectivity index (χ1n) is 11.7. The number of likely N-dealkylation sites (tertiary alicyclic amines) is 1. The van der Waals surface area contributed by atoms with Gasteiger partial charge in [0.15, 0.2) is 5.82 Å². The predicted molar refractivity (Wildman–Crippen MR) is 135 cm³/mol. The van der Waals surface area contributed by atoms with Crippen LogP contribution in [0.4, 0.5) is 0 Å². The summed E-state index contributed by atoms with van der Waals surface area (Å²) in [6.45, 7) is 2.56. The summed E-state index contributed by atoms with van der Waals surface area (Å²) in [6.07, 6.45) is 12.7. The lowest BCUT2D eigenvalue weighted by Crippen LogP contribution is -2.33. The third kappa shape index (κ3) is 5.26. The van der Waals surface area contributed by atoms with E-state index in [9.17, 15) is 0 Å². The van der Waals surface area contributed by atoms with Crippen molar-refractivity contribution in [1.29, 1.82) is 0 Å². The Hall–Kier alpha value is -3.95. The van der Waals surface area contributed by atoms with Crippen LogP contribution in [0, 0.1) is 0 Å². The largest absolute Gasteiger partial charge is 0.404 e. The number of aliphatic imine (C=N–C) groups is 1. The second-order valence-corrected chi connectivity index (χ2v) is 8.34. The van der Waals surface area contributed by atoms with Crippen molar-refractivity contribution in [3.05, 3.63) is 84.8 Å². The Morgan fingerprint density at radius 1 is 1.09 bits per heavy atom. The van der Waals surface area contributed by atoms with Gasteiger partial charge in [0.05, 0.1) is 36.7 Å². The highest BCUT2D eigenvalue weighted by molar-refractivity contribution is 6.08. The van der Waals surface area contributed by atoms with Crippen LogP contribution in [-0.2, 0) is 11.3 Å². The Morgan fingerprint density at radius 2 is 1.94 bits per heavy atom. The molecule has 0 spiro atoms. The fourth-order valence-corrected chi connectivity index (χ4v) is 4.35. The molecule has 178 valence electrons. The second-order valence-electron chi connectivity index (χ2n) is 8.34. The minimum absolute atomic E-state index is 0.326. The Bertz CT molecular complexity index is 1300. The Kier molecular flexibility index (Phi) is 7.16. The molecule has 4 aromatic rings. The van der Waals surface area contributed by atoms with Gasteiger partial charge in [-0.3, -0.25) is 14.9 Å². The van der Waals surface area contributed by atoms with Crippen LogP contribution < -0.4 is 5.73 Å². The van der Waals surface area contributed by atoms with E-state index in [4.69, 9.17) is 15.6 Å². The van der Waals surface area contributed by atoms with E-state index in [0.717, 1.165) is 47.4 Å². The molecule has 1 atom stereocenters. The van der Waals surface area contributed by atoms with Gasteiger partial charge >= 0.3 is 0 Å². The second kappa shape index (κ2) is 11.0. The third-order valence-corrected chi connectivity index (χ3v) is 6.08. The van der Waals surface area contributed by atoms with Crippen molar-refractivity contribution in [2.24, 2.45) is 10.7 Å². The van der Waals surface area contributed by atoms with Gasteiger partial charge in [0.2, 0.25) is 0 Å². The quantitative estimate of drug-likeness (QED) is 0.376. The summed E-state index contributed by atoms with van der Waals surface area (Å²) in [6, 6.07) is 13.8. The molecule has 0 aliphatic carbocycles. The molecule has 5 rings (SSSR count). The van der Waals surface area contributed by atoms with Gasteiger partial charge in [-0.25, -0.2) is 14.5 Å². The van der Waals surface area contributed by atoms with Gasteiger partial charge in [0, 0.05) is 55.4 Å². The zero-order valence-electron chi connectivity index (χ0n) is 19.4. The van der Waals surface area contributed by atoms with Gasteiger partial charge < -0.3 is 10.5 Å². The molecule has 2 N–H and O–H groups in total. The maximum absolute atomic E-state index is 6.14. The zero-order chi connectivity index (χ0) is 23.9. The maximum atomic E-state index is 6.14. The van der Waals surface area contributed by atoms with Crippen molar-refractivity contribution >= 4 is 17.3 Å². The van der Waals surface area contributed by atoms with E-state index in [2.05, 4.69) is 24.8 Å². The SMILES string of the molecule is N/C=C(\C=NCC1CCCN1COCc1nn2ccccc2c1-c1ncccn1)c1ccccn1. The van der Waals surface area contributed by atoms with Crippen LogP contribution in [0.2, 0.25) is 0 Å². The van der Waals surface area contributed by atoms with Gasteiger partial charge in [-0.1, -0.05) is 12.1 Å². The van der Waals surface area contributed by atoms with Gasteiger partial charge in [0.25, 0.3) is 0 Å². The highest BCUT2D eigenvalue weighted by atomic mass is 16.5. The number of nitrogens with two attached hydrogens (primary N) is 1. The summed E-state index contributed by atoms with van der Waals surface area (Å²) in [7, 11) is 0. The molecule has 1 fully saturated rings. The lowest BCUT2D eigenvalue weighted by Gasteiger charge is -2.22. The van der Waals surface area contributed by atoms with Crippen molar-refractivity contribution < 1.29 is 4.74 Å². The summed E-state index contributed by atoms with van der Waals surface area (Å²) in [4.78, 5) is 20.2. The van der Waals surface area contributed by atoms with Gasteiger partial charge in [-0.05, 0) is 43.2 Å². The number of nitrogens with zero attached hydrogens (tertiary/aromatic N) is 7. The molecule has 0 amide bonds. The molecule has 5 heterocycles. The Labute approximate surface area is 204 Å². The molecule has 1 unspecified atom stereocenters. The molecular weight excluding hydrogens is 440 g/mol. The molecule has 0 radical (unpaired) electrons. The van der Waals surface area contributed by atoms with Crippen LogP contribution in [0.1, 0.15) is 24.2 Å². The number of ether oxygens (including phenoxy) is 1. The van der Waals surface area contributed by atoms with Crippen LogP contribution in [0.15, 0.2) is 78.4 Å². The molecule has 4 aromatic heterocycles. The molecule has 1 aliphatic heterocycles. The monoisotopic (exact) mass is 468 g/mol. The molecular formula is C26H28N8O. The highest BCUT2D eigenvalue weighted by Crippen LogP contribution is 2.26. The fraction of sp³-hybridized carbons (Fsp3) is 0.269. The lowest BCUT2D eigenvalue weighted by atomic mass is 10.2. The number of rotatable bonds is 9. The van der Waals surface area contributed by atoms with Gasteiger partial charge in [-0.2, -0.15) is 5.10 Å². The number of hydrogen-bond acceptors (Lipinski definition) is 8. The average Bonchev–Trinajstić information content (AvgIpc) is 3.51. The molecule has 9 nitrogen and oxygen atoms in total. The molecule has 0 saturated carbocycles. The van der Waals surface area contributed by atoms with Crippen LogP contribution in [0.5, 0.6) is 0 Å². The highest BCUT2D eigenvalue weighted by Gasteiger charge is 2.24. The molecule has 1 aliphatic rings. The summed E-state index contributed by atoms with van der Waals surface area (Å²) >= 11 is 0. The number of aromatic nitrogens is 5. The topological polar surface area (TPSA) is 107 Å². The van der Waals surface area contributed by atoms with Crippen LogP contribution >= 0.6 is 0 Å². The standard InChI is InChI=1S/C26H28N8O/c27-15-20(22-8-1-3-10-29-22)16-28-17-21-7-5-13-33(21)19-35-18-23-25(26-30-11-6-12-31-26)24-9-2-4-14-34(24)32-23/h1-4,6,8-12,14-16,21H,5,7,13,17-19,27H2/b20-15+,28-16?. The van der Waals surface area contributed by atoms with E-state index in [1.54, 1.807) is 24.8 Å². The lowest BCUT2D eigenvalue weighted by molar-refractivity contribution is 0.0126. The first kappa shape index (κ1) is 22.8. The van der Waals surface area contributed by atoms with E-state index in [-0.39, 0.29) is 0 Å². The first-order chi connectivity index (χ1) is 17.3. The van der Waals surface area contributed by atoms with E-state index in [1.807, 2.05) is 59.4 Å². The van der Waals surface area contributed by atoms with Crippen molar-refractivity contribution in [2.45, 2.75) is 25.5 Å². The number of pyridine rings is 2. The minimum atomic E-state index is 0.326. The number of hydrogen-bond donors (Lipinski definition) is 1. The average molecular weight is 469 g/mol. The molecule has 0 aromatic carbocycles. The summed E-state index contributed by atoms with van der Waals surface area (Å²) in [5, 5.41) is 4.73. The molecule has 0 bridgehead atoms. The third-order valence-electron chi connectivity index (χ3n) is 6.08. The van der Waals surface area contributed by atoms with E-state index < -0.39 is 0 Å². The molecule has 9 heteroatoms. The van der Waals surface area contributed by atoms with Crippen LogP contribution in [-0.4, -0.2) is 61.5 Å². The summed E-state index contributed by atoms with van der Waals surface area (Å²) in [5.41, 5.74) is 10.1. The van der Waals surface area contributed by atoms with Crippen LogP contribution in [0.25, 0.3) is 22.5 Å². The van der Waals surface area contributed by atoms with Gasteiger partial charge in [-0.15, -0.1) is 0 Å².